The van der Waals surface area contributed by atoms with Crippen LogP contribution in [0, 0.1) is 26.8 Å². The summed E-state index contributed by atoms with van der Waals surface area (Å²) in [6.45, 7) is 7.65. The van der Waals surface area contributed by atoms with E-state index in [2.05, 4.69) is 49.6 Å². The molecule has 4 heteroatoms. The van der Waals surface area contributed by atoms with E-state index in [1.165, 1.54) is 22.3 Å². The molecule has 0 bridgehead atoms. The van der Waals surface area contributed by atoms with Crippen molar-refractivity contribution in [3.8, 4) is 0 Å². The van der Waals surface area contributed by atoms with Crippen molar-refractivity contribution in [2.45, 2.75) is 33.9 Å². The van der Waals surface area contributed by atoms with E-state index >= 15 is 0 Å². The maximum absolute atomic E-state index is 12.1. The highest BCUT2D eigenvalue weighted by Gasteiger charge is 2.18. The lowest BCUT2D eigenvalue weighted by Gasteiger charge is -2.15. The van der Waals surface area contributed by atoms with Crippen molar-refractivity contribution in [2.24, 2.45) is 5.73 Å². The van der Waals surface area contributed by atoms with Gasteiger partial charge in [0, 0.05) is 30.0 Å². The first-order valence-electron chi connectivity index (χ1n) is 9.71. The zero-order valence-corrected chi connectivity index (χ0v) is 17.3. The molecular formula is C25H25N2O2. The zero-order valence-electron chi connectivity index (χ0n) is 17.3. The largest absolute Gasteiger partial charge is 0.380 e. The SMILES string of the molecule is COCc1c[c]c2c3c(C(N)=O)cccc3n(Cc3c(C)cc(C)cc3C)c2c1. The van der Waals surface area contributed by atoms with E-state index < -0.39 is 5.91 Å². The van der Waals surface area contributed by atoms with Crippen molar-refractivity contribution >= 4 is 27.7 Å². The molecule has 4 nitrogen and oxygen atoms in total. The Bertz CT molecular complexity index is 1230. The van der Waals surface area contributed by atoms with Crippen LogP contribution < -0.4 is 5.73 Å². The van der Waals surface area contributed by atoms with Crippen LogP contribution in [0.25, 0.3) is 21.8 Å². The highest BCUT2D eigenvalue weighted by Crippen LogP contribution is 2.33. The Hall–Kier alpha value is -3.11. The van der Waals surface area contributed by atoms with E-state index in [0.29, 0.717) is 18.7 Å². The molecule has 0 aliphatic carbocycles. The number of carbonyl (C=O) groups excluding carboxylic acids is 1. The summed E-state index contributed by atoms with van der Waals surface area (Å²) >= 11 is 0. The molecule has 1 radical (unpaired) electrons. The minimum atomic E-state index is -0.424. The number of nitrogens with two attached hydrogens (primary N) is 1. The van der Waals surface area contributed by atoms with Crippen LogP contribution in [-0.4, -0.2) is 17.6 Å². The monoisotopic (exact) mass is 385 g/mol. The Morgan fingerprint density at radius 2 is 1.83 bits per heavy atom. The number of benzene rings is 3. The van der Waals surface area contributed by atoms with Gasteiger partial charge in [0.25, 0.3) is 0 Å². The van der Waals surface area contributed by atoms with Gasteiger partial charge in [-0.1, -0.05) is 23.8 Å². The number of fused-ring (bicyclic) bond motifs is 3. The van der Waals surface area contributed by atoms with Crippen molar-refractivity contribution in [3.05, 3.63) is 81.9 Å². The minimum Gasteiger partial charge on any atom is -0.380 e. The first kappa shape index (κ1) is 19.2. The lowest BCUT2D eigenvalue weighted by molar-refractivity contribution is 0.100. The molecule has 4 aromatic rings. The fraction of sp³-hybridized carbons (Fsp3) is 0.240. The molecule has 0 saturated carbocycles. The van der Waals surface area contributed by atoms with Gasteiger partial charge >= 0.3 is 0 Å². The molecule has 0 unspecified atom stereocenters. The van der Waals surface area contributed by atoms with Crippen LogP contribution in [0.5, 0.6) is 0 Å². The number of amides is 1. The summed E-state index contributed by atoms with van der Waals surface area (Å²) in [5, 5.41) is 1.78. The van der Waals surface area contributed by atoms with E-state index in [-0.39, 0.29) is 0 Å². The Morgan fingerprint density at radius 3 is 2.48 bits per heavy atom. The first-order valence-corrected chi connectivity index (χ1v) is 9.71. The smallest absolute Gasteiger partial charge is 0.249 e. The maximum Gasteiger partial charge on any atom is 0.249 e. The van der Waals surface area contributed by atoms with Crippen LogP contribution in [0.4, 0.5) is 0 Å². The van der Waals surface area contributed by atoms with Gasteiger partial charge in [0.15, 0.2) is 0 Å². The van der Waals surface area contributed by atoms with Gasteiger partial charge in [0.05, 0.1) is 17.6 Å². The van der Waals surface area contributed by atoms with Gasteiger partial charge in [-0.2, -0.15) is 0 Å². The molecule has 1 heterocycles. The van der Waals surface area contributed by atoms with E-state index in [1.54, 1.807) is 13.2 Å². The number of aromatic nitrogens is 1. The average molecular weight is 385 g/mol. The number of methoxy groups -OCH3 is 1. The molecule has 0 fully saturated rings. The van der Waals surface area contributed by atoms with Crippen LogP contribution in [0.3, 0.4) is 0 Å². The molecule has 2 N–H and O–H groups in total. The predicted octanol–water partition coefficient (Wildman–Crippen LogP) is 4.81. The summed E-state index contributed by atoms with van der Waals surface area (Å²) in [6.07, 6.45) is 0. The Kier molecular flexibility index (Phi) is 4.89. The van der Waals surface area contributed by atoms with Gasteiger partial charge < -0.3 is 15.0 Å². The van der Waals surface area contributed by atoms with E-state index in [9.17, 15) is 4.79 Å². The number of nitrogens with zero attached hydrogens (tertiary/aromatic N) is 1. The molecule has 1 aromatic heterocycles. The highest BCUT2D eigenvalue weighted by molar-refractivity contribution is 6.17. The minimum absolute atomic E-state index is 0.424. The molecule has 0 aliphatic rings. The van der Waals surface area contributed by atoms with Crippen LogP contribution in [-0.2, 0) is 17.9 Å². The molecule has 3 aromatic carbocycles. The molecule has 0 atom stereocenters. The van der Waals surface area contributed by atoms with Gasteiger partial charge in [-0.3, -0.25) is 4.79 Å². The molecule has 147 valence electrons. The number of carbonyl (C=O) groups is 1. The molecule has 4 rings (SSSR count). The number of hydrogen-bond acceptors (Lipinski definition) is 2. The third-order valence-electron chi connectivity index (χ3n) is 5.59. The molecule has 1 amide bonds. The van der Waals surface area contributed by atoms with Crippen LogP contribution in [0.15, 0.2) is 42.5 Å². The summed E-state index contributed by atoms with van der Waals surface area (Å²) in [7, 11) is 1.68. The Morgan fingerprint density at radius 1 is 1.10 bits per heavy atom. The van der Waals surface area contributed by atoms with Crippen molar-refractivity contribution in [3.63, 3.8) is 0 Å². The van der Waals surface area contributed by atoms with E-state index in [1.807, 2.05) is 18.2 Å². The van der Waals surface area contributed by atoms with Crippen LogP contribution in [0.1, 0.15) is 38.2 Å². The normalized spacial score (nSPS) is 11.4. The van der Waals surface area contributed by atoms with Crippen LogP contribution in [0.2, 0.25) is 0 Å². The first-order chi connectivity index (χ1) is 13.9. The third kappa shape index (κ3) is 3.30. The number of rotatable bonds is 5. The molecule has 0 saturated heterocycles. The standard InChI is InChI=1S/C25H25N2O2/c1-15-10-16(2)21(17(3)11-15)13-27-22-7-5-6-20(25(26)28)24(22)19-9-8-18(14-29-4)12-23(19)27/h5-8,10-12H,13-14H2,1-4H3,(H2,26,28). The predicted molar refractivity (Wildman–Crippen MR) is 117 cm³/mol. The van der Waals surface area contributed by atoms with Gasteiger partial charge in [-0.15, -0.1) is 0 Å². The van der Waals surface area contributed by atoms with Crippen molar-refractivity contribution in [1.82, 2.24) is 4.57 Å². The number of hydrogen-bond donors (Lipinski definition) is 1. The molecule has 29 heavy (non-hydrogen) atoms. The quantitative estimate of drug-likeness (QED) is 0.536. The zero-order chi connectivity index (χ0) is 20.7. The van der Waals surface area contributed by atoms with E-state index in [4.69, 9.17) is 10.5 Å². The van der Waals surface area contributed by atoms with Gasteiger partial charge in [0.2, 0.25) is 5.91 Å². The second-order valence-corrected chi connectivity index (χ2v) is 7.73. The second kappa shape index (κ2) is 7.37. The van der Waals surface area contributed by atoms with Crippen molar-refractivity contribution in [1.29, 1.82) is 0 Å². The van der Waals surface area contributed by atoms with E-state index in [0.717, 1.165) is 27.4 Å². The summed E-state index contributed by atoms with van der Waals surface area (Å²) in [5.74, 6) is -0.424. The second-order valence-electron chi connectivity index (χ2n) is 7.73. The molecule has 0 spiro atoms. The van der Waals surface area contributed by atoms with Crippen LogP contribution >= 0.6 is 0 Å². The topological polar surface area (TPSA) is 57.2 Å². The molecule has 0 aliphatic heterocycles. The lowest BCUT2D eigenvalue weighted by Crippen LogP contribution is -2.11. The van der Waals surface area contributed by atoms with Crippen molar-refractivity contribution < 1.29 is 9.53 Å². The van der Waals surface area contributed by atoms with Gasteiger partial charge in [-0.25, -0.2) is 0 Å². The van der Waals surface area contributed by atoms with Gasteiger partial charge in [-0.05, 0) is 73.4 Å². The summed E-state index contributed by atoms with van der Waals surface area (Å²) in [6, 6.07) is 17.6. The fourth-order valence-electron chi connectivity index (χ4n) is 4.34. The average Bonchev–Trinajstić information content (AvgIpc) is 2.97. The maximum atomic E-state index is 12.1. The lowest BCUT2D eigenvalue weighted by atomic mass is 9.99. The summed E-state index contributed by atoms with van der Waals surface area (Å²) in [5.41, 5.74) is 14.4. The Balaban J connectivity index is 2.04. The summed E-state index contributed by atoms with van der Waals surface area (Å²) < 4.78 is 7.58. The van der Waals surface area contributed by atoms with Crippen molar-refractivity contribution in [2.75, 3.05) is 7.11 Å². The van der Waals surface area contributed by atoms with Gasteiger partial charge in [0.1, 0.15) is 0 Å². The Labute approximate surface area is 170 Å². The molecular weight excluding hydrogens is 360 g/mol. The fourth-order valence-corrected chi connectivity index (χ4v) is 4.34. The summed E-state index contributed by atoms with van der Waals surface area (Å²) in [4.78, 5) is 12.1. The number of primary amides is 1. The highest BCUT2D eigenvalue weighted by atomic mass is 16.5. The third-order valence-corrected chi connectivity index (χ3v) is 5.59. The number of ether oxygens (including phenoxy) is 1. The number of aryl methyl sites for hydroxylation is 3.